The number of hydrogen-bond acceptors (Lipinski definition) is 2. The van der Waals surface area contributed by atoms with Gasteiger partial charge in [-0.3, -0.25) is 4.94 Å². The molecule has 2 nitrogen and oxygen atoms in total. The fourth-order valence-corrected chi connectivity index (χ4v) is 1.72. The molecule has 0 aliphatic rings. The zero-order valence-electron chi connectivity index (χ0n) is 9.95. The Bertz CT molecular complexity index is 379. The Morgan fingerprint density at radius 1 is 1.29 bits per heavy atom. The highest BCUT2D eigenvalue weighted by atomic mass is 19.3. The fourth-order valence-electron chi connectivity index (χ4n) is 1.72. The van der Waals surface area contributed by atoms with Gasteiger partial charge in [-0.2, -0.15) is 0 Å². The van der Waals surface area contributed by atoms with E-state index in [2.05, 4.69) is 4.94 Å². The maximum Gasteiger partial charge on any atom is 0.351 e. The molecule has 0 bridgehead atoms. The highest BCUT2D eigenvalue weighted by Crippen LogP contribution is 2.25. The van der Waals surface area contributed by atoms with Gasteiger partial charge in [-0.15, -0.1) is 0 Å². The Kier molecular flexibility index (Phi) is 5.07. The number of carbonyl (C=O) groups is 1. The van der Waals surface area contributed by atoms with E-state index in [4.69, 9.17) is 0 Å². The second-order valence-corrected chi connectivity index (χ2v) is 4.30. The third-order valence-corrected chi connectivity index (χ3v) is 2.95. The van der Waals surface area contributed by atoms with E-state index in [9.17, 15) is 13.7 Å². The zero-order valence-corrected chi connectivity index (χ0v) is 9.95. The summed E-state index contributed by atoms with van der Waals surface area (Å²) in [6, 6.07) is 6.53. The highest BCUT2D eigenvalue weighted by molar-refractivity contribution is 5.71. The van der Waals surface area contributed by atoms with Crippen molar-refractivity contribution in [2.45, 2.75) is 32.6 Å². The Labute approximate surface area is 99.5 Å². The lowest BCUT2D eigenvalue weighted by Gasteiger charge is -2.14. The molecular weight excluding hydrogens is 226 g/mol. The predicted octanol–water partition coefficient (Wildman–Crippen LogP) is 3.77. The summed E-state index contributed by atoms with van der Waals surface area (Å²) in [6.07, 6.45) is 1.08. The summed E-state index contributed by atoms with van der Waals surface area (Å²) >= 11 is 0. The van der Waals surface area contributed by atoms with Crippen LogP contribution in [0.1, 0.15) is 38.2 Å². The molecule has 4 heteroatoms. The number of rotatable bonds is 5. The van der Waals surface area contributed by atoms with Gasteiger partial charge in [0.05, 0.1) is 5.92 Å². The van der Waals surface area contributed by atoms with Gasteiger partial charge >= 0.3 is 5.97 Å². The maximum absolute atomic E-state index is 13.4. The van der Waals surface area contributed by atoms with E-state index in [1.807, 2.05) is 6.92 Å². The molecule has 0 fully saturated rings. The van der Waals surface area contributed by atoms with Gasteiger partial charge in [0.1, 0.15) is 5.82 Å². The van der Waals surface area contributed by atoms with Gasteiger partial charge in [0.2, 0.25) is 0 Å². The topological polar surface area (TPSA) is 26.3 Å². The molecule has 0 heterocycles. The summed E-state index contributed by atoms with van der Waals surface area (Å²) in [5.41, 5.74) is 0.619. The number of benzene rings is 1. The van der Waals surface area contributed by atoms with Crippen LogP contribution in [-0.2, 0) is 9.74 Å². The van der Waals surface area contributed by atoms with E-state index in [0.717, 1.165) is 0 Å². The van der Waals surface area contributed by atoms with Crippen molar-refractivity contribution < 1.29 is 18.7 Å². The summed E-state index contributed by atoms with van der Waals surface area (Å²) < 4.78 is 25.1. The number of hydrogen-bond donors (Lipinski definition) is 0. The molecule has 0 N–H and O–H groups in total. The van der Waals surface area contributed by atoms with Crippen LogP contribution < -0.4 is 0 Å². The smallest absolute Gasteiger partial charge is 0.255 e. The van der Waals surface area contributed by atoms with E-state index in [-0.39, 0.29) is 11.7 Å². The quantitative estimate of drug-likeness (QED) is 0.785. The third-order valence-electron chi connectivity index (χ3n) is 2.95. The molecule has 0 radical (unpaired) electrons. The molecule has 0 spiro atoms. The average molecular weight is 242 g/mol. The standard InChI is InChI=1S/C13H16F2O2/c1-9(7-8-10(2)13(16)17-15)11-5-3-4-6-12(11)14/h3-6,9-10H,7-8H2,1-2H3. The molecule has 1 rings (SSSR count). The molecule has 2 unspecified atom stereocenters. The van der Waals surface area contributed by atoms with Gasteiger partial charge in [-0.25, -0.2) is 9.18 Å². The normalized spacial score (nSPS) is 14.1. The molecule has 1 aromatic rings. The van der Waals surface area contributed by atoms with Crippen molar-refractivity contribution in [3.8, 4) is 0 Å². The van der Waals surface area contributed by atoms with Crippen LogP contribution in [0.4, 0.5) is 8.92 Å². The second kappa shape index (κ2) is 6.33. The summed E-state index contributed by atoms with van der Waals surface area (Å²) in [4.78, 5) is 14.0. The SMILES string of the molecule is CC(CCC(C)c1ccccc1F)C(=O)OF. The van der Waals surface area contributed by atoms with Crippen molar-refractivity contribution in [3.05, 3.63) is 35.6 Å². The van der Waals surface area contributed by atoms with Crippen LogP contribution in [0.3, 0.4) is 0 Å². The van der Waals surface area contributed by atoms with Crippen LogP contribution >= 0.6 is 0 Å². The summed E-state index contributed by atoms with van der Waals surface area (Å²) in [5, 5.41) is 0. The monoisotopic (exact) mass is 242 g/mol. The van der Waals surface area contributed by atoms with Gasteiger partial charge < -0.3 is 0 Å². The predicted molar refractivity (Wildman–Crippen MR) is 60.4 cm³/mol. The van der Waals surface area contributed by atoms with E-state index < -0.39 is 11.9 Å². The Morgan fingerprint density at radius 2 is 1.94 bits per heavy atom. The van der Waals surface area contributed by atoms with Gasteiger partial charge in [-0.05, 0) is 30.4 Å². The molecule has 0 aliphatic heterocycles. The van der Waals surface area contributed by atoms with E-state index in [1.165, 1.54) is 6.07 Å². The highest BCUT2D eigenvalue weighted by Gasteiger charge is 2.18. The first-order valence-corrected chi connectivity index (χ1v) is 5.63. The third kappa shape index (κ3) is 3.80. The molecule has 17 heavy (non-hydrogen) atoms. The lowest BCUT2D eigenvalue weighted by molar-refractivity contribution is -0.188. The van der Waals surface area contributed by atoms with Crippen LogP contribution in [-0.4, -0.2) is 5.97 Å². The first-order chi connectivity index (χ1) is 8.06. The lowest BCUT2D eigenvalue weighted by atomic mass is 9.92. The number of halogens is 2. The molecule has 1 aromatic carbocycles. The van der Waals surface area contributed by atoms with Crippen molar-refractivity contribution in [1.82, 2.24) is 0 Å². The van der Waals surface area contributed by atoms with Gasteiger partial charge in [0.15, 0.2) is 0 Å². The van der Waals surface area contributed by atoms with Crippen LogP contribution in [0.2, 0.25) is 0 Å². The number of carbonyl (C=O) groups excluding carboxylic acids is 1. The van der Waals surface area contributed by atoms with E-state index in [1.54, 1.807) is 25.1 Å². The molecule has 0 aromatic heterocycles. The van der Waals surface area contributed by atoms with Crippen molar-refractivity contribution in [3.63, 3.8) is 0 Å². The minimum absolute atomic E-state index is 0.00828. The minimum Gasteiger partial charge on any atom is -0.255 e. The van der Waals surface area contributed by atoms with E-state index >= 15 is 0 Å². The summed E-state index contributed by atoms with van der Waals surface area (Å²) in [5.74, 6) is -1.63. The van der Waals surface area contributed by atoms with Gasteiger partial charge in [0.25, 0.3) is 0 Å². The van der Waals surface area contributed by atoms with Crippen molar-refractivity contribution in [1.29, 1.82) is 0 Å². The molecule has 0 aliphatic carbocycles. The van der Waals surface area contributed by atoms with Gasteiger partial charge in [0, 0.05) is 4.53 Å². The molecular formula is C13H16F2O2. The second-order valence-electron chi connectivity index (χ2n) is 4.30. The average Bonchev–Trinajstić information content (AvgIpc) is 2.35. The lowest BCUT2D eigenvalue weighted by Crippen LogP contribution is -2.12. The van der Waals surface area contributed by atoms with Gasteiger partial charge in [-0.1, -0.05) is 32.0 Å². The summed E-state index contributed by atoms with van der Waals surface area (Å²) in [7, 11) is 0. The molecule has 0 amide bonds. The minimum atomic E-state index is -0.870. The summed E-state index contributed by atoms with van der Waals surface area (Å²) in [6.45, 7) is 3.47. The van der Waals surface area contributed by atoms with Crippen LogP contribution in [0.15, 0.2) is 24.3 Å². The molecule has 2 atom stereocenters. The largest absolute Gasteiger partial charge is 0.351 e. The van der Waals surface area contributed by atoms with Crippen LogP contribution in [0, 0.1) is 11.7 Å². The first kappa shape index (κ1) is 13.6. The van der Waals surface area contributed by atoms with Crippen molar-refractivity contribution in [2.75, 3.05) is 0 Å². The maximum atomic E-state index is 13.4. The molecule has 94 valence electrons. The Balaban J connectivity index is 2.53. The van der Waals surface area contributed by atoms with Crippen molar-refractivity contribution >= 4 is 5.97 Å². The molecule has 0 saturated heterocycles. The zero-order chi connectivity index (χ0) is 12.8. The molecule has 0 saturated carbocycles. The Hall–Kier alpha value is -1.45. The Morgan fingerprint density at radius 3 is 2.53 bits per heavy atom. The van der Waals surface area contributed by atoms with Crippen LogP contribution in [0.25, 0.3) is 0 Å². The fraction of sp³-hybridized carbons (Fsp3) is 0.462. The van der Waals surface area contributed by atoms with Crippen molar-refractivity contribution in [2.24, 2.45) is 5.92 Å². The first-order valence-electron chi connectivity index (χ1n) is 5.63. The van der Waals surface area contributed by atoms with Crippen LogP contribution in [0.5, 0.6) is 0 Å². The van der Waals surface area contributed by atoms with E-state index in [0.29, 0.717) is 18.4 Å².